The first-order chi connectivity index (χ1) is 9.62. The fraction of sp³-hybridized carbons (Fsp3) is 0.933. The van der Waals surface area contributed by atoms with Gasteiger partial charge in [0.25, 0.3) is 0 Å². The van der Waals surface area contributed by atoms with Gasteiger partial charge < -0.3 is 19.9 Å². The van der Waals surface area contributed by atoms with Crippen LogP contribution in [0.15, 0.2) is 0 Å². The van der Waals surface area contributed by atoms with Crippen LogP contribution in [0.4, 0.5) is 0 Å². The predicted molar refractivity (Wildman–Crippen MR) is 96.3 cm³/mol. The highest BCUT2D eigenvalue weighted by molar-refractivity contribution is 5.85. The molecule has 0 aromatic rings. The molecule has 0 spiro atoms. The van der Waals surface area contributed by atoms with Crippen molar-refractivity contribution in [2.24, 2.45) is 5.92 Å². The zero-order valence-electron chi connectivity index (χ0n) is 14.3. The van der Waals surface area contributed by atoms with E-state index >= 15 is 0 Å². The van der Waals surface area contributed by atoms with Crippen LogP contribution >= 0.6 is 24.8 Å². The standard InChI is InChI=1S/C15H31N3O2.2ClH/c1-5-17(6-2)9-10-20-14-7-8-18(12-14)15(19)13(3)11-16-4;;/h13-14,16H,5-12H2,1-4H3;2*1H. The molecule has 0 aromatic heterocycles. The van der Waals surface area contributed by atoms with Gasteiger partial charge in [-0.1, -0.05) is 20.8 Å². The van der Waals surface area contributed by atoms with Crippen molar-refractivity contribution in [3.05, 3.63) is 0 Å². The van der Waals surface area contributed by atoms with Crippen molar-refractivity contribution in [2.45, 2.75) is 33.3 Å². The van der Waals surface area contributed by atoms with E-state index in [4.69, 9.17) is 4.74 Å². The number of rotatable bonds is 9. The molecule has 5 nitrogen and oxygen atoms in total. The quantitative estimate of drug-likeness (QED) is 0.681. The lowest BCUT2D eigenvalue weighted by Crippen LogP contribution is -2.38. The maximum absolute atomic E-state index is 12.2. The molecule has 2 unspecified atom stereocenters. The summed E-state index contributed by atoms with van der Waals surface area (Å²) in [5.41, 5.74) is 0. The SMILES string of the molecule is CCN(CC)CCOC1CCN(C(=O)C(C)CNC)C1.Cl.Cl. The highest BCUT2D eigenvalue weighted by Gasteiger charge is 2.29. The van der Waals surface area contributed by atoms with Crippen LogP contribution in [0.3, 0.4) is 0 Å². The molecule has 0 radical (unpaired) electrons. The number of hydrogen-bond donors (Lipinski definition) is 1. The van der Waals surface area contributed by atoms with Gasteiger partial charge >= 0.3 is 0 Å². The Hall–Kier alpha value is -0.0700. The summed E-state index contributed by atoms with van der Waals surface area (Å²) >= 11 is 0. The van der Waals surface area contributed by atoms with Gasteiger partial charge in [-0.15, -0.1) is 24.8 Å². The Kier molecular flexibility index (Phi) is 14.7. The molecule has 1 aliphatic rings. The normalized spacial score (nSPS) is 18.8. The summed E-state index contributed by atoms with van der Waals surface area (Å²) in [4.78, 5) is 16.5. The van der Waals surface area contributed by atoms with Crippen molar-refractivity contribution in [3.8, 4) is 0 Å². The van der Waals surface area contributed by atoms with Crippen LogP contribution in [0.2, 0.25) is 0 Å². The molecule has 0 saturated carbocycles. The molecule has 22 heavy (non-hydrogen) atoms. The molecule has 0 aromatic carbocycles. The van der Waals surface area contributed by atoms with Gasteiger partial charge in [0.1, 0.15) is 0 Å². The Morgan fingerprint density at radius 1 is 1.36 bits per heavy atom. The topological polar surface area (TPSA) is 44.8 Å². The Labute approximate surface area is 147 Å². The minimum atomic E-state index is 0. The molecule has 2 atom stereocenters. The number of ether oxygens (including phenoxy) is 1. The van der Waals surface area contributed by atoms with E-state index in [2.05, 4.69) is 24.1 Å². The summed E-state index contributed by atoms with van der Waals surface area (Å²) < 4.78 is 5.91. The highest BCUT2D eigenvalue weighted by Crippen LogP contribution is 2.15. The highest BCUT2D eigenvalue weighted by atomic mass is 35.5. The van der Waals surface area contributed by atoms with Crippen LogP contribution in [-0.4, -0.2) is 74.7 Å². The van der Waals surface area contributed by atoms with Gasteiger partial charge in [0.15, 0.2) is 0 Å². The van der Waals surface area contributed by atoms with Crippen LogP contribution in [0.1, 0.15) is 27.2 Å². The lowest BCUT2D eigenvalue weighted by atomic mass is 10.1. The molecule has 1 rings (SSSR count). The number of carbonyl (C=O) groups excluding carboxylic acids is 1. The zero-order valence-corrected chi connectivity index (χ0v) is 16.0. The molecule has 1 amide bonds. The van der Waals surface area contributed by atoms with Gasteiger partial charge in [-0.2, -0.15) is 0 Å². The van der Waals surface area contributed by atoms with Crippen molar-refractivity contribution in [1.29, 1.82) is 0 Å². The van der Waals surface area contributed by atoms with Gasteiger partial charge in [0.2, 0.25) is 5.91 Å². The monoisotopic (exact) mass is 357 g/mol. The molecular weight excluding hydrogens is 325 g/mol. The molecule has 1 fully saturated rings. The van der Waals surface area contributed by atoms with E-state index in [-0.39, 0.29) is 42.7 Å². The van der Waals surface area contributed by atoms with E-state index < -0.39 is 0 Å². The molecule has 0 bridgehead atoms. The van der Waals surface area contributed by atoms with Gasteiger partial charge in [0.05, 0.1) is 12.7 Å². The average Bonchev–Trinajstić information content (AvgIpc) is 2.92. The molecule has 0 aliphatic carbocycles. The second kappa shape index (κ2) is 13.4. The number of amides is 1. The van der Waals surface area contributed by atoms with Crippen molar-refractivity contribution >= 4 is 30.7 Å². The van der Waals surface area contributed by atoms with Crippen molar-refractivity contribution in [2.75, 3.05) is 52.9 Å². The third kappa shape index (κ3) is 7.97. The minimum absolute atomic E-state index is 0. The minimum Gasteiger partial charge on any atom is -0.375 e. The summed E-state index contributed by atoms with van der Waals surface area (Å²) in [6.45, 7) is 12.5. The van der Waals surface area contributed by atoms with Crippen LogP contribution < -0.4 is 5.32 Å². The van der Waals surface area contributed by atoms with E-state index in [9.17, 15) is 4.79 Å². The van der Waals surface area contributed by atoms with Crippen LogP contribution in [-0.2, 0) is 9.53 Å². The first-order valence-corrected chi connectivity index (χ1v) is 7.89. The second-order valence-corrected chi connectivity index (χ2v) is 5.55. The van der Waals surface area contributed by atoms with Gasteiger partial charge in [-0.25, -0.2) is 0 Å². The number of likely N-dealkylation sites (tertiary alicyclic amines) is 1. The largest absolute Gasteiger partial charge is 0.375 e. The molecular formula is C15H33Cl2N3O2. The van der Waals surface area contributed by atoms with E-state index in [1.807, 2.05) is 18.9 Å². The van der Waals surface area contributed by atoms with Crippen LogP contribution in [0, 0.1) is 5.92 Å². The Bertz CT molecular complexity index is 292. The Morgan fingerprint density at radius 2 is 2.00 bits per heavy atom. The van der Waals surface area contributed by atoms with Gasteiger partial charge in [-0.05, 0) is 26.6 Å². The number of halogens is 2. The van der Waals surface area contributed by atoms with Crippen molar-refractivity contribution < 1.29 is 9.53 Å². The third-order valence-corrected chi connectivity index (χ3v) is 4.04. The van der Waals surface area contributed by atoms with Crippen LogP contribution in [0.25, 0.3) is 0 Å². The first kappa shape index (κ1) is 24.2. The fourth-order valence-corrected chi connectivity index (χ4v) is 2.66. The summed E-state index contributed by atoms with van der Waals surface area (Å²) in [5, 5.41) is 3.06. The predicted octanol–water partition coefficient (Wildman–Crippen LogP) is 1.64. The fourth-order valence-electron chi connectivity index (χ4n) is 2.66. The van der Waals surface area contributed by atoms with E-state index in [1.165, 1.54) is 0 Å². The summed E-state index contributed by atoms with van der Waals surface area (Å²) in [5.74, 6) is 0.295. The molecule has 1 saturated heterocycles. The number of carbonyl (C=O) groups is 1. The summed E-state index contributed by atoms with van der Waals surface area (Å²) in [7, 11) is 1.88. The lowest BCUT2D eigenvalue weighted by Gasteiger charge is -2.22. The molecule has 1 heterocycles. The van der Waals surface area contributed by atoms with Crippen LogP contribution in [0.5, 0.6) is 0 Å². The zero-order chi connectivity index (χ0) is 15.0. The molecule has 134 valence electrons. The van der Waals surface area contributed by atoms with E-state index in [1.54, 1.807) is 0 Å². The second-order valence-electron chi connectivity index (χ2n) is 5.55. The summed E-state index contributed by atoms with van der Waals surface area (Å²) in [6.07, 6.45) is 1.19. The number of hydrogen-bond acceptors (Lipinski definition) is 4. The first-order valence-electron chi connectivity index (χ1n) is 7.89. The van der Waals surface area contributed by atoms with E-state index in [0.717, 1.165) is 52.3 Å². The Morgan fingerprint density at radius 3 is 2.55 bits per heavy atom. The number of nitrogens with zero attached hydrogens (tertiary/aromatic N) is 2. The maximum atomic E-state index is 12.2. The molecule has 1 aliphatic heterocycles. The van der Waals surface area contributed by atoms with Crippen molar-refractivity contribution in [1.82, 2.24) is 15.1 Å². The smallest absolute Gasteiger partial charge is 0.226 e. The third-order valence-electron chi connectivity index (χ3n) is 4.04. The van der Waals surface area contributed by atoms with Gasteiger partial charge in [0, 0.05) is 32.1 Å². The number of likely N-dealkylation sites (N-methyl/N-ethyl adjacent to an activating group) is 1. The molecule has 1 N–H and O–H groups in total. The average molecular weight is 358 g/mol. The van der Waals surface area contributed by atoms with Crippen molar-refractivity contribution in [3.63, 3.8) is 0 Å². The van der Waals surface area contributed by atoms with E-state index in [0.29, 0.717) is 0 Å². The maximum Gasteiger partial charge on any atom is 0.226 e. The van der Waals surface area contributed by atoms with Gasteiger partial charge in [-0.3, -0.25) is 4.79 Å². The molecule has 7 heteroatoms. The number of nitrogens with one attached hydrogen (secondary N) is 1. The summed E-state index contributed by atoms with van der Waals surface area (Å²) in [6, 6.07) is 0. The Balaban J connectivity index is 0. The lowest BCUT2D eigenvalue weighted by molar-refractivity contribution is -0.134.